The Kier molecular flexibility index (Phi) is 4.97. The van der Waals surface area contributed by atoms with Gasteiger partial charge in [0.2, 0.25) is 5.91 Å². The molecule has 1 aliphatic heterocycles. The van der Waals surface area contributed by atoms with Gasteiger partial charge in [-0.1, -0.05) is 6.92 Å². The molecule has 3 rings (SSSR count). The number of carbonyl (C=O) groups excluding carboxylic acids is 2. The molecule has 7 heteroatoms. The fourth-order valence-corrected chi connectivity index (χ4v) is 2.56. The molecular formula is C19H21N3O4. The van der Waals surface area contributed by atoms with Crippen molar-refractivity contribution in [2.45, 2.75) is 26.3 Å². The van der Waals surface area contributed by atoms with Crippen LogP contribution in [0.2, 0.25) is 0 Å². The molecule has 2 heterocycles. The van der Waals surface area contributed by atoms with E-state index in [4.69, 9.17) is 14.9 Å². The number of amides is 2. The highest BCUT2D eigenvalue weighted by Crippen LogP contribution is 2.37. The minimum Gasteiger partial charge on any atom is -0.465 e. The number of rotatable bonds is 5. The monoisotopic (exact) mass is 355 g/mol. The fourth-order valence-electron chi connectivity index (χ4n) is 2.56. The summed E-state index contributed by atoms with van der Waals surface area (Å²) in [4.78, 5) is 26.6. The maximum absolute atomic E-state index is 12.9. The molecule has 2 aromatic rings. The lowest BCUT2D eigenvalue weighted by atomic mass is 10.1. The zero-order valence-electron chi connectivity index (χ0n) is 14.7. The summed E-state index contributed by atoms with van der Waals surface area (Å²) in [6, 6.07) is 8.40. The summed E-state index contributed by atoms with van der Waals surface area (Å²) < 4.78 is 11.0. The number of benzene rings is 1. The lowest BCUT2D eigenvalue weighted by molar-refractivity contribution is -0.123. The van der Waals surface area contributed by atoms with E-state index in [-0.39, 0.29) is 24.3 Å². The van der Waals surface area contributed by atoms with E-state index in [2.05, 4.69) is 5.32 Å². The predicted octanol–water partition coefficient (Wildman–Crippen LogP) is 2.54. The van der Waals surface area contributed by atoms with Crippen LogP contribution in [0.3, 0.4) is 0 Å². The van der Waals surface area contributed by atoms with Gasteiger partial charge >= 0.3 is 0 Å². The zero-order valence-corrected chi connectivity index (χ0v) is 14.7. The Bertz CT molecular complexity index is 842. The first-order valence-electron chi connectivity index (χ1n) is 8.41. The first-order chi connectivity index (χ1) is 12.5. The van der Waals surface area contributed by atoms with Gasteiger partial charge in [0.05, 0.1) is 12.0 Å². The molecule has 0 fully saturated rings. The van der Waals surface area contributed by atoms with Crippen molar-refractivity contribution in [2.24, 2.45) is 0 Å². The van der Waals surface area contributed by atoms with Crippen LogP contribution in [-0.4, -0.2) is 24.4 Å². The van der Waals surface area contributed by atoms with Crippen LogP contribution in [0.5, 0.6) is 5.75 Å². The smallest absolute Gasteiger partial charge is 0.294 e. The largest absolute Gasteiger partial charge is 0.465 e. The second kappa shape index (κ2) is 7.35. The second-order valence-corrected chi connectivity index (χ2v) is 6.12. The molecular weight excluding hydrogens is 334 g/mol. The number of carbonyl (C=O) groups is 2. The lowest BCUT2D eigenvalue weighted by Crippen LogP contribution is -2.46. The highest BCUT2D eigenvalue weighted by Gasteiger charge is 2.32. The summed E-state index contributed by atoms with van der Waals surface area (Å²) in [6.45, 7) is 3.78. The quantitative estimate of drug-likeness (QED) is 0.634. The molecule has 136 valence electrons. The number of hydrogen-bond acceptors (Lipinski definition) is 5. The third-order valence-electron chi connectivity index (χ3n) is 4.09. The zero-order chi connectivity index (χ0) is 18.7. The topological polar surface area (TPSA) is 97.8 Å². The van der Waals surface area contributed by atoms with Crippen molar-refractivity contribution in [1.82, 2.24) is 5.32 Å². The Hall–Kier alpha value is -3.22. The third-order valence-corrected chi connectivity index (χ3v) is 4.09. The Labute approximate surface area is 151 Å². The molecule has 26 heavy (non-hydrogen) atoms. The highest BCUT2D eigenvalue weighted by molar-refractivity contribution is 6.12. The van der Waals surface area contributed by atoms with E-state index in [0.717, 1.165) is 6.42 Å². The van der Waals surface area contributed by atoms with Gasteiger partial charge in [0, 0.05) is 23.9 Å². The number of nitrogens with one attached hydrogen (secondary N) is 1. The minimum absolute atomic E-state index is 0.0302. The van der Waals surface area contributed by atoms with Crippen LogP contribution in [0.25, 0.3) is 6.08 Å². The first kappa shape index (κ1) is 17.6. The molecule has 1 aliphatic rings. The van der Waals surface area contributed by atoms with Crippen molar-refractivity contribution in [3.63, 3.8) is 0 Å². The summed E-state index contributed by atoms with van der Waals surface area (Å²) in [6.07, 6.45) is 3.80. The maximum atomic E-state index is 12.9. The normalized spacial score (nSPS) is 16.2. The van der Waals surface area contributed by atoms with Crippen molar-refractivity contribution < 1.29 is 18.7 Å². The minimum atomic E-state index is -0.419. The first-order valence-corrected chi connectivity index (χ1v) is 8.41. The Morgan fingerprint density at radius 2 is 2.19 bits per heavy atom. The van der Waals surface area contributed by atoms with E-state index in [1.807, 2.05) is 13.8 Å². The number of nitrogen functional groups attached to an aromatic ring is 1. The molecule has 1 atom stereocenters. The molecule has 0 saturated carbocycles. The van der Waals surface area contributed by atoms with Crippen LogP contribution in [0.15, 0.2) is 46.8 Å². The van der Waals surface area contributed by atoms with Crippen molar-refractivity contribution in [3.8, 4) is 5.75 Å². The maximum Gasteiger partial charge on any atom is 0.294 e. The van der Waals surface area contributed by atoms with Crippen LogP contribution < -0.4 is 20.7 Å². The number of hydrogen-bond donors (Lipinski definition) is 2. The molecule has 7 nitrogen and oxygen atoms in total. The number of furan rings is 1. The predicted molar refractivity (Wildman–Crippen MR) is 98.4 cm³/mol. The SMILES string of the molecule is CCC(C)NC(=O)CN1C(=O)/C(=C\c2ccco2)Oc2cc(N)ccc21. The van der Waals surface area contributed by atoms with E-state index in [9.17, 15) is 9.59 Å². The van der Waals surface area contributed by atoms with Crippen LogP contribution in [0, 0.1) is 0 Å². The third kappa shape index (κ3) is 3.72. The van der Waals surface area contributed by atoms with Gasteiger partial charge in [0.15, 0.2) is 11.5 Å². The van der Waals surface area contributed by atoms with Gasteiger partial charge in [0.25, 0.3) is 5.91 Å². The van der Waals surface area contributed by atoms with Gasteiger partial charge < -0.3 is 20.2 Å². The summed E-state index contributed by atoms with van der Waals surface area (Å²) in [5.74, 6) is 0.297. The Morgan fingerprint density at radius 1 is 1.38 bits per heavy atom. The number of fused-ring (bicyclic) bond motifs is 1. The molecule has 2 amide bonds. The van der Waals surface area contributed by atoms with Gasteiger partial charge in [-0.3, -0.25) is 14.5 Å². The highest BCUT2D eigenvalue weighted by atomic mass is 16.5. The number of nitrogens with zero attached hydrogens (tertiary/aromatic N) is 1. The van der Waals surface area contributed by atoms with Crippen molar-refractivity contribution >= 4 is 29.3 Å². The van der Waals surface area contributed by atoms with Gasteiger partial charge in [-0.15, -0.1) is 0 Å². The fraction of sp³-hybridized carbons (Fsp3) is 0.263. The van der Waals surface area contributed by atoms with Crippen molar-refractivity contribution in [2.75, 3.05) is 17.2 Å². The lowest BCUT2D eigenvalue weighted by Gasteiger charge is -2.30. The van der Waals surface area contributed by atoms with E-state index in [0.29, 0.717) is 22.9 Å². The van der Waals surface area contributed by atoms with Gasteiger partial charge in [-0.2, -0.15) is 0 Å². The van der Waals surface area contributed by atoms with Crippen LogP contribution in [0.1, 0.15) is 26.0 Å². The molecule has 0 spiro atoms. The Morgan fingerprint density at radius 3 is 2.88 bits per heavy atom. The standard InChI is InChI=1S/C19H21N3O4/c1-3-12(2)21-18(23)11-22-15-7-6-13(20)9-16(15)26-17(19(22)24)10-14-5-4-8-25-14/h4-10,12H,3,11,20H2,1-2H3,(H,21,23)/b17-10+. The molecule has 0 aliphatic carbocycles. The van der Waals surface area contributed by atoms with Gasteiger partial charge in [-0.05, 0) is 37.6 Å². The van der Waals surface area contributed by atoms with Crippen molar-refractivity contribution in [3.05, 3.63) is 48.1 Å². The molecule has 3 N–H and O–H groups in total. The number of anilines is 2. The average molecular weight is 355 g/mol. The van der Waals surface area contributed by atoms with Crippen molar-refractivity contribution in [1.29, 1.82) is 0 Å². The second-order valence-electron chi connectivity index (χ2n) is 6.12. The van der Waals surface area contributed by atoms with Gasteiger partial charge in [-0.25, -0.2) is 0 Å². The van der Waals surface area contributed by atoms with E-state index in [1.165, 1.54) is 17.2 Å². The summed E-state index contributed by atoms with van der Waals surface area (Å²) >= 11 is 0. The Balaban J connectivity index is 1.93. The van der Waals surface area contributed by atoms with Crippen LogP contribution in [-0.2, 0) is 9.59 Å². The average Bonchev–Trinajstić information content (AvgIpc) is 3.11. The molecule has 1 unspecified atom stereocenters. The van der Waals surface area contributed by atoms with E-state index >= 15 is 0 Å². The summed E-state index contributed by atoms with van der Waals surface area (Å²) in [7, 11) is 0. The van der Waals surface area contributed by atoms with Gasteiger partial charge in [0.1, 0.15) is 12.3 Å². The van der Waals surface area contributed by atoms with E-state index < -0.39 is 5.91 Å². The number of ether oxygens (including phenoxy) is 1. The molecule has 0 radical (unpaired) electrons. The summed E-state index contributed by atoms with van der Waals surface area (Å²) in [5, 5.41) is 2.86. The number of nitrogens with two attached hydrogens (primary N) is 1. The molecule has 0 bridgehead atoms. The van der Waals surface area contributed by atoms with E-state index in [1.54, 1.807) is 30.3 Å². The molecule has 0 saturated heterocycles. The molecule has 1 aromatic heterocycles. The van der Waals surface area contributed by atoms with Crippen LogP contribution >= 0.6 is 0 Å². The summed E-state index contributed by atoms with van der Waals surface area (Å²) in [5.41, 5.74) is 6.83. The van der Waals surface area contributed by atoms with Crippen LogP contribution in [0.4, 0.5) is 11.4 Å². The molecule has 1 aromatic carbocycles.